The molecule has 3 rings (SSSR count). The van der Waals surface area contributed by atoms with Gasteiger partial charge in [-0.25, -0.2) is 4.98 Å². The van der Waals surface area contributed by atoms with Crippen LogP contribution in [0.1, 0.15) is 29.3 Å². The molecule has 0 radical (unpaired) electrons. The van der Waals surface area contributed by atoms with Crippen LogP contribution in [-0.4, -0.2) is 32.4 Å². The molecule has 0 amide bonds. The molecular formula is C16H16BrN5O2. The number of hydrogen-bond donors (Lipinski definition) is 1. The molecule has 0 spiro atoms. The highest BCUT2D eigenvalue weighted by molar-refractivity contribution is 9.10. The largest absolute Gasteiger partial charge is 0.463 e. The third-order valence-corrected chi connectivity index (χ3v) is 4.05. The lowest BCUT2D eigenvalue weighted by Gasteiger charge is -2.08. The van der Waals surface area contributed by atoms with Gasteiger partial charge in [-0.05, 0) is 27.9 Å². The van der Waals surface area contributed by atoms with Crippen molar-refractivity contribution >= 4 is 39.2 Å². The van der Waals surface area contributed by atoms with E-state index in [2.05, 4.69) is 30.9 Å². The summed E-state index contributed by atoms with van der Waals surface area (Å²) in [6.07, 6.45) is 1.67. The average Bonchev–Trinajstić information content (AvgIpc) is 2.90. The second-order valence-corrected chi connectivity index (χ2v) is 5.95. The zero-order chi connectivity index (χ0) is 17.1. The number of carbonyl (C=O) groups excluding carboxylic acids is 1. The summed E-state index contributed by atoms with van der Waals surface area (Å²) >= 11 is 3.44. The van der Waals surface area contributed by atoms with E-state index >= 15 is 0 Å². The van der Waals surface area contributed by atoms with Crippen molar-refractivity contribution in [3.05, 3.63) is 40.1 Å². The summed E-state index contributed by atoms with van der Waals surface area (Å²) in [5.74, 6) is 0.279. The van der Waals surface area contributed by atoms with Gasteiger partial charge in [0.15, 0.2) is 21.7 Å². The van der Waals surface area contributed by atoms with Gasteiger partial charge in [0.25, 0.3) is 0 Å². The zero-order valence-corrected chi connectivity index (χ0v) is 14.7. The highest BCUT2D eigenvalue weighted by Crippen LogP contribution is 2.25. The van der Waals surface area contributed by atoms with Crippen LogP contribution in [0.25, 0.3) is 11.2 Å². The van der Waals surface area contributed by atoms with E-state index in [0.717, 1.165) is 18.3 Å². The van der Waals surface area contributed by atoms with Gasteiger partial charge in [0, 0.05) is 5.56 Å². The summed E-state index contributed by atoms with van der Waals surface area (Å²) in [5, 5.41) is 0. The second-order valence-electron chi connectivity index (χ2n) is 5.24. The molecule has 2 aromatic heterocycles. The van der Waals surface area contributed by atoms with E-state index in [1.807, 2.05) is 23.6 Å². The van der Waals surface area contributed by atoms with Gasteiger partial charge in [0.2, 0.25) is 0 Å². The zero-order valence-electron chi connectivity index (χ0n) is 13.1. The molecule has 0 atom stereocenters. The van der Waals surface area contributed by atoms with Gasteiger partial charge in [-0.1, -0.05) is 31.2 Å². The monoisotopic (exact) mass is 389 g/mol. The van der Waals surface area contributed by atoms with Crippen LogP contribution in [0.4, 0.5) is 5.82 Å². The molecule has 0 bridgehead atoms. The molecule has 2 N–H and O–H groups in total. The van der Waals surface area contributed by atoms with Crippen LogP contribution in [0.15, 0.2) is 29.0 Å². The first-order valence-corrected chi connectivity index (χ1v) is 8.27. The fourth-order valence-corrected chi connectivity index (χ4v) is 2.73. The second kappa shape index (κ2) is 6.96. The lowest BCUT2D eigenvalue weighted by Crippen LogP contribution is -2.06. The molecule has 0 aliphatic heterocycles. The summed E-state index contributed by atoms with van der Waals surface area (Å²) in [6, 6.07) is 7.57. The van der Waals surface area contributed by atoms with Crippen molar-refractivity contribution in [1.29, 1.82) is 0 Å². The number of imidazole rings is 1. The third kappa shape index (κ3) is 3.23. The Balaban J connectivity index is 2.00. The predicted molar refractivity (Wildman–Crippen MR) is 94.2 cm³/mol. The number of aldehydes is 1. The molecule has 7 nitrogen and oxygen atoms in total. The van der Waals surface area contributed by atoms with Crippen LogP contribution in [0, 0.1) is 0 Å². The average molecular weight is 390 g/mol. The number of aromatic nitrogens is 4. The molecule has 0 fully saturated rings. The molecule has 124 valence electrons. The van der Waals surface area contributed by atoms with E-state index < -0.39 is 0 Å². The van der Waals surface area contributed by atoms with Crippen LogP contribution >= 0.6 is 15.9 Å². The van der Waals surface area contributed by atoms with Crippen molar-refractivity contribution in [3.63, 3.8) is 0 Å². The van der Waals surface area contributed by atoms with E-state index in [1.54, 1.807) is 12.1 Å². The summed E-state index contributed by atoms with van der Waals surface area (Å²) in [7, 11) is 0. The van der Waals surface area contributed by atoms with E-state index in [1.165, 1.54) is 0 Å². The SMILES string of the molecule is CCCOc1nc(N)c2nc(Br)n(Cc3ccc(C=O)cc3)c2n1. The van der Waals surface area contributed by atoms with Crippen molar-refractivity contribution in [2.24, 2.45) is 0 Å². The molecule has 8 heteroatoms. The summed E-state index contributed by atoms with van der Waals surface area (Å²) in [6.45, 7) is 3.05. The number of nitrogen functional groups attached to an aromatic ring is 1. The molecule has 0 saturated carbocycles. The van der Waals surface area contributed by atoms with Gasteiger partial charge < -0.3 is 10.5 Å². The van der Waals surface area contributed by atoms with Crippen molar-refractivity contribution in [1.82, 2.24) is 19.5 Å². The Labute approximate surface area is 147 Å². The molecule has 24 heavy (non-hydrogen) atoms. The van der Waals surface area contributed by atoms with E-state index in [0.29, 0.717) is 34.6 Å². The molecule has 0 unspecified atom stereocenters. The van der Waals surface area contributed by atoms with E-state index in [4.69, 9.17) is 10.5 Å². The maximum absolute atomic E-state index is 10.8. The number of hydrogen-bond acceptors (Lipinski definition) is 6. The lowest BCUT2D eigenvalue weighted by molar-refractivity contribution is 0.112. The van der Waals surface area contributed by atoms with Crippen LogP contribution in [0.3, 0.4) is 0 Å². The lowest BCUT2D eigenvalue weighted by atomic mass is 10.1. The molecule has 0 aliphatic rings. The Bertz CT molecular complexity index is 876. The number of carbonyl (C=O) groups is 1. The maximum Gasteiger partial charge on any atom is 0.320 e. The first-order valence-electron chi connectivity index (χ1n) is 7.48. The summed E-state index contributed by atoms with van der Waals surface area (Å²) in [5.41, 5.74) is 8.74. The van der Waals surface area contributed by atoms with Crippen molar-refractivity contribution in [2.45, 2.75) is 19.9 Å². The number of ether oxygens (including phenoxy) is 1. The summed E-state index contributed by atoms with van der Waals surface area (Å²) in [4.78, 5) is 23.7. The Morgan fingerprint density at radius 2 is 2.00 bits per heavy atom. The normalized spacial score (nSPS) is 10.9. The Morgan fingerprint density at radius 1 is 1.25 bits per heavy atom. The van der Waals surface area contributed by atoms with Gasteiger partial charge in [-0.15, -0.1) is 0 Å². The minimum Gasteiger partial charge on any atom is -0.463 e. The van der Waals surface area contributed by atoms with Gasteiger partial charge in [-0.2, -0.15) is 9.97 Å². The van der Waals surface area contributed by atoms with Crippen LogP contribution in [-0.2, 0) is 6.54 Å². The standard InChI is InChI=1S/C16H16BrN5O2/c1-2-7-24-16-20-13(18)12-14(21-16)22(15(17)19-12)8-10-3-5-11(9-23)6-4-10/h3-6,9H,2,7-8H2,1H3,(H2,18,20,21). The predicted octanol–water partition coefficient (Wildman–Crippen LogP) is 2.82. The maximum atomic E-state index is 10.8. The number of nitrogens with zero attached hydrogens (tertiary/aromatic N) is 4. The van der Waals surface area contributed by atoms with Crippen molar-refractivity contribution < 1.29 is 9.53 Å². The van der Waals surface area contributed by atoms with Gasteiger partial charge in [0.05, 0.1) is 13.2 Å². The number of halogens is 1. The van der Waals surface area contributed by atoms with E-state index in [-0.39, 0.29) is 11.8 Å². The minimum absolute atomic E-state index is 0.242. The fraction of sp³-hybridized carbons (Fsp3) is 0.250. The van der Waals surface area contributed by atoms with Crippen LogP contribution in [0.2, 0.25) is 0 Å². The number of nitrogens with two attached hydrogens (primary N) is 1. The highest BCUT2D eigenvalue weighted by Gasteiger charge is 2.16. The topological polar surface area (TPSA) is 95.9 Å². The molecule has 0 aliphatic carbocycles. The fourth-order valence-electron chi connectivity index (χ4n) is 2.26. The Kier molecular flexibility index (Phi) is 4.75. The van der Waals surface area contributed by atoms with Crippen LogP contribution in [0.5, 0.6) is 6.01 Å². The molecular weight excluding hydrogens is 374 g/mol. The smallest absolute Gasteiger partial charge is 0.320 e. The first kappa shape index (κ1) is 16.4. The number of anilines is 1. The highest BCUT2D eigenvalue weighted by atomic mass is 79.9. The Morgan fingerprint density at radius 3 is 2.67 bits per heavy atom. The molecule has 3 aromatic rings. The number of fused-ring (bicyclic) bond motifs is 1. The first-order chi connectivity index (χ1) is 11.6. The van der Waals surface area contributed by atoms with Crippen molar-refractivity contribution in [2.75, 3.05) is 12.3 Å². The molecule has 1 aromatic carbocycles. The summed E-state index contributed by atoms with van der Waals surface area (Å²) < 4.78 is 7.97. The molecule has 0 saturated heterocycles. The van der Waals surface area contributed by atoms with Gasteiger partial charge in [-0.3, -0.25) is 9.36 Å². The van der Waals surface area contributed by atoms with Gasteiger partial charge in [0.1, 0.15) is 6.29 Å². The number of rotatable bonds is 6. The molecule has 2 heterocycles. The number of benzene rings is 1. The van der Waals surface area contributed by atoms with E-state index in [9.17, 15) is 4.79 Å². The van der Waals surface area contributed by atoms with Gasteiger partial charge >= 0.3 is 6.01 Å². The minimum atomic E-state index is 0.242. The van der Waals surface area contributed by atoms with Crippen molar-refractivity contribution in [3.8, 4) is 6.01 Å². The Hall–Kier alpha value is -2.48. The van der Waals surface area contributed by atoms with Crippen LogP contribution < -0.4 is 10.5 Å². The quantitative estimate of drug-likeness (QED) is 0.514. The third-order valence-electron chi connectivity index (χ3n) is 3.45.